The second-order valence-corrected chi connectivity index (χ2v) is 4.71. The van der Waals surface area contributed by atoms with Crippen molar-refractivity contribution in [3.05, 3.63) is 18.3 Å². The Labute approximate surface area is 105 Å². The second kappa shape index (κ2) is 7.17. The van der Waals surface area contributed by atoms with Crippen LogP contribution in [-0.4, -0.2) is 28.4 Å². The monoisotopic (exact) mass is 255 g/mol. The maximum Gasteiger partial charge on any atom is 0.307 e. The molecule has 0 saturated heterocycles. The first-order valence-corrected chi connectivity index (χ1v) is 6.57. The van der Waals surface area contributed by atoms with Crippen molar-refractivity contribution < 1.29 is 14.6 Å². The normalized spacial score (nSPS) is 12.1. The first kappa shape index (κ1) is 13.8. The largest absolute Gasteiger partial charge is 0.491 e. The summed E-state index contributed by atoms with van der Waals surface area (Å²) >= 11 is 1.42. The summed E-state index contributed by atoms with van der Waals surface area (Å²) in [5.41, 5.74) is 0. The number of carbonyl (C=O) groups is 1. The Morgan fingerprint density at radius 1 is 1.65 bits per heavy atom. The zero-order valence-corrected chi connectivity index (χ0v) is 10.9. The first-order chi connectivity index (χ1) is 8.15. The highest BCUT2D eigenvalue weighted by Crippen LogP contribution is 2.28. The minimum Gasteiger partial charge on any atom is -0.491 e. The summed E-state index contributed by atoms with van der Waals surface area (Å²) in [5, 5.41) is 9.56. The minimum absolute atomic E-state index is 0.388. The highest BCUT2D eigenvalue weighted by atomic mass is 32.2. The molecule has 1 unspecified atom stereocenters. The van der Waals surface area contributed by atoms with Gasteiger partial charge in [0.25, 0.3) is 0 Å². The molecule has 1 aromatic rings. The zero-order valence-electron chi connectivity index (χ0n) is 10.0. The Kier molecular flexibility index (Phi) is 5.83. The van der Waals surface area contributed by atoms with Gasteiger partial charge in [0.1, 0.15) is 5.03 Å². The summed E-state index contributed by atoms with van der Waals surface area (Å²) in [6.45, 7) is 4.37. The number of ether oxygens (including phenoxy) is 1. The van der Waals surface area contributed by atoms with Crippen molar-refractivity contribution in [2.24, 2.45) is 5.92 Å². The Balaban J connectivity index is 2.60. The third-order valence-electron chi connectivity index (χ3n) is 2.09. The van der Waals surface area contributed by atoms with E-state index in [1.54, 1.807) is 13.1 Å². The van der Waals surface area contributed by atoms with Crippen molar-refractivity contribution in [3.8, 4) is 5.75 Å². The molecule has 5 heteroatoms. The lowest BCUT2D eigenvalue weighted by Gasteiger charge is -2.10. The lowest BCUT2D eigenvalue weighted by Crippen LogP contribution is -2.12. The number of rotatable bonds is 7. The molecule has 1 atom stereocenters. The number of aromatic nitrogens is 1. The van der Waals surface area contributed by atoms with Gasteiger partial charge >= 0.3 is 5.97 Å². The van der Waals surface area contributed by atoms with Crippen molar-refractivity contribution in [3.63, 3.8) is 0 Å². The van der Waals surface area contributed by atoms with Gasteiger partial charge in [-0.15, -0.1) is 11.8 Å². The van der Waals surface area contributed by atoms with Gasteiger partial charge in [-0.1, -0.05) is 13.8 Å². The number of thioether (sulfide) groups is 1. The van der Waals surface area contributed by atoms with E-state index in [4.69, 9.17) is 9.84 Å². The van der Waals surface area contributed by atoms with E-state index in [-0.39, 0.29) is 5.92 Å². The molecule has 94 valence electrons. The van der Waals surface area contributed by atoms with Crippen LogP contribution in [0.25, 0.3) is 0 Å². The topological polar surface area (TPSA) is 59.4 Å². The molecule has 1 N–H and O–H groups in total. The molecule has 4 nitrogen and oxygen atoms in total. The van der Waals surface area contributed by atoms with Crippen LogP contribution in [0.3, 0.4) is 0 Å². The number of hydrogen-bond acceptors (Lipinski definition) is 4. The van der Waals surface area contributed by atoms with E-state index in [2.05, 4.69) is 4.98 Å². The number of pyridine rings is 1. The predicted molar refractivity (Wildman–Crippen MR) is 67.5 cm³/mol. The van der Waals surface area contributed by atoms with E-state index in [0.717, 1.165) is 17.2 Å². The summed E-state index contributed by atoms with van der Waals surface area (Å²) < 4.78 is 5.55. The number of hydrogen-bond donors (Lipinski definition) is 1. The molecule has 0 aromatic carbocycles. The molecule has 0 amide bonds. The summed E-state index contributed by atoms with van der Waals surface area (Å²) in [6.07, 6.45) is 2.62. The van der Waals surface area contributed by atoms with Crippen LogP contribution in [0.15, 0.2) is 23.4 Å². The summed E-state index contributed by atoms with van der Waals surface area (Å²) in [4.78, 5) is 14.9. The molecule has 0 aliphatic carbocycles. The minimum atomic E-state index is -0.788. The van der Waals surface area contributed by atoms with E-state index in [0.29, 0.717) is 12.4 Å². The van der Waals surface area contributed by atoms with Gasteiger partial charge in [0.15, 0.2) is 5.75 Å². The SMILES string of the molecule is CCCOc1cccnc1SCC(C)C(=O)O. The predicted octanol–water partition coefficient (Wildman–Crippen LogP) is 2.68. The molecule has 1 heterocycles. The molecule has 0 aliphatic rings. The molecule has 0 bridgehead atoms. The molecule has 0 aliphatic heterocycles. The van der Waals surface area contributed by atoms with Gasteiger partial charge in [-0.2, -0.15) is 0 Å². The molecular weight excluding hydrogens is 238 g/mol. The number of carboxylic acid groups (broad SMARTS) is 1. The van der Waals surface area contributed by atoms with Gasteiger partial charge in [-0.25, -0.2) is 4.98 Å². The van der Waals surface area contributed by atoms with Gasteiger partial charge in [0.2, 0.25) is 0 Å². The Morgan fingerprint density at radius 2 is 2.41 bits per heavy atom. The van der Waals surface area contributed by atoms with Crippen LogP contribution in [0.2, 0.25) is 0 Å². The third-order valence-corrected chi connectivity index (χ3v) is 3.34. The highest BCUT2D eigenvalue weighted by Gasteiger charge is 2.13. The quantitative estimate of drug-likeness (QED) is 0.759. The standard InChI is InChI=1S/C12H17NO3S/c1-3-7-16-10-5-4-6-13-11(10)17-8-9(2)12(14)15/h4-6,9H,3,7-8H2,1-2H3,(H,14,15). The number of nitrogens with zero attached hydrogens (tertiary/aromatic N) is 1. The lowest BCUT2D eigenvalue weighted by atomic mass is 10.2. The second-order valence-electron chi connectivity index (χ2n) is 3.71. The fraction of sp³-hybridized carbons (Fsp3) is 0.500. The summed E-state index contributed by atoms with van der Waals surface area (Å²) in [5.74, 6) is 0.0527. The third kappa shape index (κ3) is 4.65. The summed E-state index contributed by atoms with van der Waals surface area (Å²) in [7, 11) is 0. The van der Waals surface area contributed by atoms with Gasteiger partial charge < -0.3 is 9.84 Å². The average Bonchev–Trinajstić information content (AvgIpc) is 2.34. The smallest absolute Gasteiger partial charge is 0.307 e. The summed E-state index contributed by atoms with van der Waals surface area (Å²) in [6, 6.07) is 3.67. The van der Waals surface area contributed by atoms with Gasteiger partial charge in [0, 0.05) is 11.9 Å². The first-order valence-electron chi connectivity index (χ1n) is 5.58. The van der Waals surface area contributed by atoms with E-state index >= 15 is 0 Å². The Morgan fingerprint density at radius 3 is 3.06 bits per heavy atom. The molecular formula is C12H17NO3S. The Bertz CT molecular complexity index is 371. The fourth-order valence-electron chi connectivity index (χ4n) is 1.08. The van der Waals surface area contributed by atoms with Crippen molar-refractivity contribution in [1.82, 2.24) is 4.98 Å². The Hall–Kier alpha value is -1.23. The van der Waals surface area contributed by atoms with Crippen LogP contribution in [0.4, 0.5) is 0 Å². The van der Waals surface area contributed by atoms with Crippen molar-refractivity contribution >= 4 is 17.7 Å². The fourth-order valence-corrected chi connectivity index (χ4v) is 2.04. The van der Waals surface area contributed by atoms with Crippen molar-refractivity contribution in [1.29, 1.82) is 0 Å². The molecule has 0 radical (unpaired) electrons. The maximum atomic E-state index is 10.7. The molecule has 1 rings (SSSR count). The van der Waals surface area contributed by atoms with Gasteiger partial charge in [0.05, 0.1) is 12.5 Å². The lowest BCUT2D eigenvalue weighted by molar-refractivity contribution is -0.140. The van der Waals surface area contributed by atoms with E-state index in [1.165, 1.54) is 11.8 Å². The van der Waals surface area contributed by atoms with Crippen LogP contribution in [-0.2, 0) is 4.79 Å². The van der Waals surface area contributed by atoms with Crippen LogP contribution >= 0.6 is 11.8 Å². The number of carboxylic acids is 1. The van der Waals surface area contributed by atoms with E-state index in [9.17, 15) is 4.79 Å². The van der Waals surface area contributed by atoms with Gasteiger partial charge in [-0.05, 0) is 18.6 Å². The molecule has 17 heavy (non-hydrogen) atoms. The van der Waals surface area contributed by atoms with Crippen molar-refractivity contribution in [2.45, 2.75) is 25.3 Å². The molecule has 0 saturated carbocycles. The average molecular weight is 255 g/mol. The maximum absolute atomic E-state index is 10.7. The van der Waals surface area contributed by atoms with Crippen LogP contribution < -0.4 is 4.74 Å². The van der Waals surface area contributed by atoms with Gasteiger partial charge in [-0.3, -0.25) is 4.79 Å². The zero-order chi connectivity index (χ0) is 12.7. The van der Waals surface area contributed by atoms with Crippen LogP contribution in [0.5, 0.6) is 5.75 Å². The molecule has 1 aromatic heterocycles. The highest BCUT2D eigenvalue weighted by molar-refractivity contribution is 7.99. The van der Waals surface area contributed by atoms with E-state index in [1.807, 2.05) is 19.1 Å². The molecule has 0 spiro atoms. The van der Waals surface area contributed by atoms with Crippen LogP contribution in [0.1, 0.15) is 20.3 Å². The molecule has 0 fully saturated rings. The van der Waals surface area contributed by atoms with Crippen molar-refractivity contribution in [2.75, 3.05) is 12.4 Å². The number of aliphatic carboxylic acids is 1. The van der Waals surface area contributed by atoms with E-state index < -0.39 is 5.97 Å². The van der Waals surface area contributed by atoms with Crippen LogP contribution in [0, 0.1) is 5.92 Å².